The van der Waals surface area contributed by atoms with Crippen molar-refractivity contribution in [2.75, 3.05) is 13.7 Å². The molecule has 0 radical (unpaired) electrons. The van der Waals surface area contributed by atoms with E-state index in [2.05, 4.69) is 20.9 Å². The Balaban J connectivity index is 1.54. The highest BCUT2D eigenvalue weighted by atomic mass is 79.9. The number of hydrogen-bond acceptors (Lipinski definition) is 6. The van der Waals surface area contributed by atoms with Crippen molar-refractivity contribution in [3.05, 3.63) is 110 Å². The molecule has 1 amide bonds. The van der Waals surface area contributed by atoms with Crippen LogP contribution in [-0.4, -0.2) is 45.3 Å². The van der Waals surface area contributed by atoms with Crippen LogP contribution in [0.5, 0.6) is 5.75 Å². The number of carbonyl (C=O) groups is 2. The molecule has 1 aliphatic rings. The Morgan fingerprint density at radius 3 is 2.47 bits per heavy atom. The number of non-ortho nitro benzene ring substituents is 1. The summed E-state index contributed by atoms with van der Waals surface area (Å²) >= 11 is 3.41. The van der Waals surface area contributed by atoms with E-state index in [1.807, 2.05) is 24.4 Å². The van der Waals surface area contributed by atoms with E-state index in [0.29, 0.717) is 17.7 Å². The molecule has 4 aromatic rings. The number of nitro benzene ring substituents is 1. The predicted octanol–water partition coefficient (Wildman–Crippen LogP) is 5.51. The van der Waals surface area contributed by atoms with Crippen molar-refractivity contribution in [1.82, 2.24) is 9.88 Å². The van der Waals surface area contributed by atoms with E-state index in [0.717, 1.165) is 20.9 Å². The molecule has 9 nitrogen and oxygen atoms in total. The quantitative estimate of drug-likeness (QED) is 0.0983. The number of benzene rings is 3. The van der Waals surface area contributed by atoms with E-state index < -0.39 is 22.7 Å². The first-order valence-electron chi connectivity index (χ1n) is 11.7. The highest BCUT2D eigenvalue weighted by molar-refractivity contribution is 9.10. The smallest absolute Gasteiger partial charge is 0.295 e. The second kappa shape index (κ2) is 10.1. The van der Waals surface area contributed by atoms with E-state index in [1.54, 1.807) is 31.4 Å². The van der Waals surface area contributed by atoms with Crippen LogP contribution in [0.4, 0.5) is 5.69 Å². The summed E-state index contributed by atoms with van der Waals surface area (Å²) in [6.45, 7) is 0.215. The number of aliphatic hydroxyl groups is 1. The number of methoxy groups -OCH3 is 1. The van der Waals surface area contributed by atoms with Crippen molar-refractivity contribution < 1.29 is 24.4 Å². The fourth-order valence-electron chi connectivity index (χ4n) is 4.73. The molecule has 0 saturated carbocycles. The minimum absolute atomic E-state index is 0.0632. The summed E-state index contributed by atoms with van der Waals surface area (Å²) in [5.74, 6) is -1.21. The zero-order valence-electron chi connectivity index (χ0n) is 20.2. The largest absolute Gasteiger partial charge is 0.507 e. The molecule has 1 fully saturated rings. The molecule has 1 unspecified atom stereocenters. The number of ether oxygens (including phenoxy) is 1. The van der Waals surface area contributed by atoms with Gasteiger partial charge in [-0.05, 0) is 60.0 Å². The molecule has 192 valence electrons. The fraction of sp³-hybridized carbons (Fsp3) is 0.143. The third-order valence-corrected chi connectivity index (χ3v) is 7.20. The van der Waals surface area contributed by atoms with Crippen molar-refractivity contribution in [2.45, 2.75) is 12.5 Å². The Morgan fingerprint density at radius 1 is 1.11 bits per heavy atom. The summed E-state index contributed by atoms with van der Waals surface area (Å²) in [6.07, 6.45) is 2.32. The van der Waals surface area contributed by atoms with Gasteiger partial charge in [-0.2, -0.15) is 0 Å². The molecule has 0 spiro atoms. The summed E-state index contributed by atoms with van der Waals surface area (Å²) in [4.78, 5) is 41.7. The van der Waals surface area contributed by atoms with E-state index >= 15 is 0 Å². The molecule has 10 heteroatoms. The molecule has 1 aliphatic heterocycles. The van der Waals surface area contributed by atoms with Crippen LogP contribution in [0.3, 0.4) is 0 Å². The first kappa shape index (κ1) is 25.2. The number of aliphatic hydroxyl groups excluding tert-OH is 1. The summed E-state index contributed by atoms with van der Waals surface area (Å²) < 4.78 is 6.17. The number of H-pyrrole nitrogens is 1. The number of nitrogens with one attached hydrogen (secondary N) is 1. The van der Waals surface area contributed by atoms with Crippen molar-refractivity contribution in [1.29, 1.82) is 0 Å². The van der Waals surface area contributed by atoms with Crippen LogP contribution in [0, 0.1) is 10.1 Å². The highest BCUT2D eigenvalue weighted by Crippen LogP contribution is 2.40. The lowest BCUT2D eigenvalue weighted by Crippen LogP contribution is -2.31. The topological polar surface area (TPSA) is 126 Å². The Kier molecular flexibility index (Phi) is 6.73. The van der Waals surface area contributed by atoms with Crippen molar-refractivity contribution in [3.63, 3.8) is 0 Å². The maximum atomic E-state index is 13.3. The van der Waals surface area contributed by atoms with Crippen molar-refractivity contribution in [2.24, 2.45) is 0 Å². The van der Waals surface area contributed by atoms with Gasteiger partial charge < -0.3 is 19.7 Å². The third kappa shape index (κ3) is 4.54. The maximum Gasteiger partial charge on any atom is 0.295 e. The number of aromatic amines is 1. The molecule has 2 heterocycles. The lowest BCUT2D eigenvalue weighted by Gasteiger charge is -2.25. The van der Waals surface area contributed by atoms with Crippen molar-refractivity contribution >= 4 is 50.0 Å². The molecule has 1 atom stereocenters. The molecule has 0 aliphatic carbocycles. The normalized spacial score (nSPS) is 16.8. The van der Waals surface area contributed by atoms with Gasteiger partial charge in [-0.1, -0.05) is 28.1 Å². The van der Waals surface area contributed by atoms with Crippen LogP contribution in [0.25, 0.3) is 16.7 Å². The predicted molar refractivity (Wildman–Crippen MR) is 145 cm³/mol. The van der Waals surface area contributed by atoms with Crippen LogP contribution in [-0.2, 0) is 16.0 Å². The zero-order chi connectivity index (χ0) is 27.0. The van der Waals surface area contributed by atoms with E-state index in [1.165, 1.54) is 29.2 Å². The summed E-state index contributed by atoms with van der Waals surface area (Å²) in [5.41, 5.74) is 2.51. The zero-order valence-corrected chi connectivity index (χ0v) is 21.8. The number of amides is 1. The van der Waals surface area contributed by atoms with Crippen LogP contribution in [0.15, 0.2) is 83.0 Å². The summed E-state index contributed by atoms with van der Waals surface area (Å²) in [6, 6.07) is 17.2. The van der Waals surface area contributed by atoms with Crippen LogP contribution >= 0.6 is 15.9 Å². The van der Waals surface area contributed by atoms with E-state index in [-0.39, 0.29) is 29.1 Å². The van der Waals surface area contributed by atoms with Gasteiger partial charge in [0.1, 0.15) is 11.5 Å². The molecule has 5 rings (SSSR count). The second-order valence-electron chi connectivity index (χ2n) is 8.82. The van der Waals surface area contributed by atoms with Gasteiger partial charge in [-0.25, -0.2) is 0 Å². The van der Waals surface area contributed by atoms with Crippen LogP contribution in [0.2, 0.25) is 0 Å². The number of ketones is 1. The lowest BCUT2D eigenvalue weighted by atomic mass is 9.95. The first-order valence-corrected chi connectivity index (χ1v) is 12.5. The Morgan fingerprint density at radius 2 is 1.82 bits per heavy atom. The Bertz CT molecular complexity index is 1590. The lowest BCUT2D eigenvalue weighted by molar-refractivity contribution is -0.384. The standard InChI is InChI=1S/C28H22BrN3O6/c1-38-21-10-11-23-22(14-21)18(15-30-23)12-13-31-25(16-2-6-19(29)7-3-16)24(27(34)28(31)35)26(33)17-4-8-20(9-5-17)32(36)37/h2-11,14-15,25,30,33H,12-13H2,1H3/b26-24-. The van der Waals surface area contributed by atoms with Gasteiger partial charge in [0, 0.05) is 45.8 Å². The number of rotatable bonds is 7. The number of likely N-dealkylation sites (tertiary alicyclic amines) is 1. The van der Waals surface area contributed by atoms with Crippen LogP contribution in [0.1, 0.15) is 22.7 Å². The highest BCUT2D eigenvalue weighted by Gasteiger charge is 2.45. The monoisotopic (exact) mass is 575 g/mol. The summed E-state index contributed by atoms with van der Waals surface area (Å²) in [5, 5.41) is 23.2. The average molecular weight is 576 g/mol. The van der Waals surface area contributed by atoms with E-state index in [9.17, 15) is 24.8 Å². The molecular weight excluding hydrogens is 554 g/mol. The fourth-order valence-corrected chi connectivity index (χ4v) is 5.00. The maximum absolute atomic E-state index is 13.3. The van der Waals surface area contributed by atoms with Gasteiger partial charge in [0.2, 0.25) is 0 Å². The van der Waals surface area contributed by atoms with Gasteiger partial charge in [0.25, 0.3) is 17.4 Å². The number of Topliss-reactive ketones (excluding diaryl/α,β-unsaturated/α-hetero) is 1. The van der Waals surface area contributed by atoms with Gasteiger partial charge in [-0.3, -0.25) is 19.7 Å². The van der Waals surface area contributed by atoms with Gasteiger partial charge in [-0.15, -0.1) is 0 Å². The Labute approximate surface area is 225 Å². The minimum Gasteiger partial charge on any atom is -0.507 e. The number of aromatic nitrogens is 1. The van der Waals surface area contributed by atoms with Crippen LogP contribution < -0.4 is 4.74 Å². The van der Waals surface area contributed by atoms with Gasteiger partial charge in [0.15, 0.2) is 0 Å². The summed E-state index contributed by atoms with van der Waals surface area (Å²) in [7, 11) is 1.59. The molecule has 2 N–H and O–H groups in total. The molecule has 1 aromatic heterocycles. The number of carbonyl (C=O) groups excluding carboxylic acids is 2. The van der Waals surface area contributed by atoms with Gasteiger partial charge in [0.05, 0.1) is 23.6 Å². The van der Waals surface area contributed by atoms with Gasteiger partial charge >= 0.3 is 0 Å². The number of fused-ring (bicyclic) bond motifs is 1. The minimum atomic E-state index is -0.835. The third-order valence-electron chi connectivity index (χ3n) is 6.67. The Hall–Kier alpha value is -4.44. The average Bonchev–Trinajstić information content (AvgIpc) is 3.44. The van der Waals surface area contributed by atoms with E-state index in [4.69, 9.17) is 4.74 Å². The first-order chi connectivity index (χ1) is 18.3. The number of hydrogen-bond donors (Lipinski definition) is 2. The molecule has 0 bridgehead atoms. The van der Waals surface area contributed by atoms with Crippen molar-refractivity contribution in [3.8, 4) is 5.75 Å². The molecule has 38 heavy (non-hydrogen) atoms. The second-order valence-corrected chi connectivity index (χ2v) is 9.74. The number of halogens is 1. The number of nitro groups is 1. The molecule has 3 aromatic carbocycles. The molecular formula is C28H22BrN3O6. The SMILES string of the molecule is COc1ccc2[nH]cc(CCN3C(=O)C(=O)/C(=C(\O)c4ccc([N+](=O)[O-])cc4)C3c3ccc(Br)cc3)c2c1. The molecule has 1 saturated heterocycles. The number of nitrogens with zero attached hydrogens (tertiary/aromatic N) is 2.